The van der Waals surface area contributed by atoms with Gasteiger partial charge in [-0.05, 0) is 66.4 Å². The second-order valence-electron chi connectivity index (χ2n) is 7.85. The quantitative estimate of drug-likeness (QED) is 0.345. The maximum absolute atomic E-state index is 14.7. The smallest absolute Gasteiger partial charge is 0.258 e. The van der Waals surface area contributed by atoms with Gasteiger partial charge in [-0.2, -0.15) is 9.97 Å². The van der Waals surface area contributed by atoms with Crippen LogP contribution in [-0.2, 0) is 0 Å². The molecule has 0 atom stereocenters. The minimum Gasteiger partial charge on any atom is -0.475 e. The van der Waals surface area contributed by atoms with Crippen molar-refractivity contribution in [2.45, 2.75) is 6.92 Å². The van der Waals surface area contributed by atoms with Crippen LogP contribution < -0.4 is 10.1 Å². The van der Waals surface area contributed by atoms with Crippen molar-refractivity contribution in [3.63, 3.8) is 0 Å². The molecule has 0 aliphatic carbocycles. The summed E-state index contributed by atoms with van der Waals surface area (Å²) in [5.41, 5.74) is 1.46. The molecule has 0 aliphatic rings. The first kappa shape index (κ1) is 24.4. The SMILES string of the molecule is Cc1nc(-c2ccc(-c3ccc(C(=O)Nc4ccc(Br)c(OCCN(C)C)n4)cn3)c(F)c2)no1. The molecule has 0 radical (unpaired) electrons. The van der Waals surface area contributed by atoms with Gasteiger partial charge in [-0.25, -0.2) is 4.39 Å². The number of rotatable bonds is 8. The lowest BCUT2D eigenvalue weighted by molar-refractivity contribution is 0.102. The number of carbonyl (C=O) groups excluding carboxylic acids is 1. The average Bonchev–Trinajstić information content (AvgIpc) is 3.27. The molecule has 0 saturated carbocycles. The number of hydrogen-bond acceptors (Lipinski definition) is 8. The number of nitrogens with zero attached hydrogens (tertiary/aromatic N) is 5. The number of carbonyl (C=O) groups is 1. The van der Waals surface area contributed by atoms with Gasteiger partial charge in [-0.15, -0.1) is 0 Å². The van der Waals surface area contributed by atoms with E-state index in [1.807, 2.05) is 19.0 Å². The molecule has 9 nitrogen and oxygen atoms in total. The van der Waals surface area contributed by atoms with Crippen LogP contribution in [-0.4, -0.2) is 58.2 Å². The first-order valence-electron chi connectivity index (χ1n) is 10.6. The van der Waals surface area contributed by atoms with Crippen LogP contribution in [0.3, 0.4) is 0 Å². The number of ether oxygens (including phenoxy) is 1. The fourth-order valence-corrected chi connectivity index (χ4v) is 3.41. The average molecular weight is 541 g/mol. The fourth-order valence-electron chi connectivity index (χ4n) is 3.07. The number of amides is 1. The predicted octanol–water partition coefficient (Wildman–Crippen LogP) is 4.60. The fraction of sp³-hybridized carbons (Fsp3) is 0.208. The largest absolute Gasteiger partial charge is 0.475 e. The van der Waals surface area contributed by atoms with Crippen molar-refractivity contribution in [3.8, 4) is 28.5 Å². The molecule has 11 heteroatoms. The molecular weight excluding hydrogens is 519 g/mol. The number of aryl methyl sites for hydroxylation is 1. The van der Waals surface area contributed by atoms with E-state index in [-0.39, 0.29) is 5.56 Å². The van der Waals surface area contributed by atoms with E-state index >= 15 is 0 Å². The Bertz CT molecular complexity index is 1340. The van der Waals surface area contributed by atoms with E-state index in [9.17, 15) is 9.18 Å². The topological polar surface area (TPSA) is 106 Å². The van der Waals surface area contributed by atoms with Gasteiger partial charge in [0.05, 0.1) is 15.7 Å². The number of nitrogens with one attached hydrogen (secondary N) is 1. The standard InChI is InChI=1S/C24H22BrFN6O3/c1-14-28-22(31-35-14)15-4-6-17(19(26)12-15)20-8-5-16(13-27-20)23(33)29-21-9-7-18(25)24(30-21)34-11-10-32(2)3/h4-9,12-13H,10-11H2,1-3H3,(H,29,30,33). The Morgan fingerprint density at radius 3 is 2.66 bits per heavy atom. The molecule has 0 bridgehead atoms. The molecule has 4 aromatic rings. The normalized spacial score (nSPS) is 11.0. The van der Waals surface area contributed by atoms with Gasteiger partial charge in [0, 0.05) is 30.8 Å². The number of halogens is 2. The summed E-state index contributed by atoms with van der Waals surface area (Å²) < 4.78 is 26.0. The lowest BCUT2D eigenvalue weighted by atomic mass is 10.1. The number of likely N-dealkylation sites (N-methyl/N-ethyl adjacent to an activating group) is 1. The molecule has 0 aliphatic heterocycles. The summed E-state index contributed by atoms with van der Waals surface area (Å²) in [6.07, 6.45) is 1.38. The van der Waals surface area contributed by atoms with E-state index in [0.717, 1.165) is 6.54 Å². The molecular formula is C24H22BrFN6O3. The first-order chi connectivity index (χ1) is 16.8. The molecule has 35 heavy (non-hydrogen) atoms. The summed E-state index contributed by atoms with van der Waals surface area (Å²) >= 11 is 3.40. The highest BCUT2D eigenvalue weighted by molar-refractivity contribution is 9.10. The van der Waals surface area contributed by atoms with Crippen molar-refractivity contribution < 1.29 is 18.4 Å². The zero-order chi connectivity index (χ0) is 24.9. The third kappa shape index (κ3) is 6.06. The van der Waals surface area contributed by atoms with E-state index in [1.165, 1.54) is 12.3 Å². The van der Waals surface area contributed by atoms with Gasteiger partial charge in [0.25, 0.3) is 5.91 Å². The van der Waals surface area contributed by atoms with Crippen molar-refractivity contribution in [3.05, 3.63) is 70.4 Å². The summed E-state index contributed by atoms with van der Waals surface area (Å²) in [5, 5.41) is 6.52. The molecule has 3 aromatic heterocycles. The Hall–Kier alpha value is -3.70. The number of benzene rings is 1. The van der Waals surface area contributed by atoms with Gasteiger partial charge in [0.1, 0.15) is 18.2 Å². The number of pyridine rings is 2. The van der Waals surface area contributed by atoms with Crippen molar-refractivity contribution in [2.24, 2.45) is 0 Å². The molecule has 1 aromatic carbocycles. The Balaban J connectivity index is 1.45. The van der Waals surface area contributed by atoms with E-state index in [4.69, 9.17) is 9.26 Å². The molecule has 4 rings (SSSR count). The summed E-state index contributed by atoms with van der Waals surface area (Å²) in [6, 6.07) is 11.1. The third-order valence-corrected chi connectivity index (χ3v) is 5.49. The highest BCUT2D eigenvalue weighted by Crippen LogP contribution is 2.27. The predicted molar refractivity (Wildman–Crippen MR) is 132 cm³/mol. The van der Waals surface area contributed by atoms with Crippen molar-refractivity contribution in [2.75, 3.05) is 32.6 Å². The van der Waals surface area contributed by atoms with Crippen LogP contribution in [0.1, 0.15) is 16.2 Å². The zero-order valence-corrected chi connectivity index (χ0v) is 20.8. The molecule has 1 amide bonds. The summed E-state index contributed by atoms with van der Waals surface area (Å²) in [6.45, 7) is 2.84. The van der Waals surface area contributed by atoms with Crippen LogP contribution in [0.25, 0.3) is 22.6 Å². The van der Waals surface area contributed by atoms with Crippen molar-refractivity contribution in [1.29, 1.82) is 0 Å². The van der Waals surface area contributed by atoms with Crippen LogP contribution in [0.5, 0.6) is 5.88 Å². The third-order valence-electron chi connectivity index (χ3n) is 4.89. The van der Waals surface area contributed by atoms with Gasteiger partial charge >= 0.3 is 0 Å². The minimum absolute atomic E-state index is 0.287. The number of hydrogen-bond donors (Lipinski definition) is 1. The molecule has 180 valence electrons. The van der Waals surface area contributed by atoms with Crippen LogP contribution in [0.2, 0.25) is 0 Å². The minimum atomic E-state index is -0.490. The molecule has 3 heterocycles. The molecule has 0 spiro atoms. The molecule has 0 unspecified atom stereocenters. The van der Waals surface area contributed by atoms with Gasteiger partial charge in [0.15, 0.2) is 0 Å². The van der Waals surface area contributed by atoms with Crippen LogP contribution >= 0.6 is 15.9 Å². The summed E-state index contributed by atoms with van der Waals surface area (Å²) in [5.74, 6) is 0.526. The maximum atomic E-state index is 14.7. The van der Waals surface area contributed by atoms with Crippen LogP contribution in [0.4, 0.5) is 10.2 Å². The highest BCUT2D eigenvalue weighted by atomic mass is 79.9. The van der Waals surface area contributed by atoms with Crippen molar-refractivity contribution in [1.82, 2.24) is 25.0 Å². The van der Waals surface area contributed by atoms with E-state index in [0.29, 0.717) is 51.3 Å². The molecule has 0 saturated heterocycles. The Morgan fingerprint density at radius 1 is 1.17 bits per heavy atom. The second kappa shape index (κ2) is 10.7. The van der Waals surface area contributed by atoms with Crippen molar-refractivity contribution >= 4 is 27.7 Å². The number of anilines is 1. The molecule has 0 fully saturated rings. The Morgan fingerprint density at radius 2 is 2.00 bits per heavy atom. The Kier molecular flexibility index (Phi) is 7.47. The monoisotopic (exact) mass is 540 g/mol. The lowest BCUT2D eigenvalue weighted by Crippen LogP contribution is -2.20. The first-order valence-corrected chi connectivity index (χ1v) is 11.4. The summed E-state index contributed by atoms with van der Waals surface area (Å²) in [4.78, 5) is 27.4. The lowest BCUT2D eigenvalue weighted by Gasteiger charge is -2.12. The van der Waals surface area contributed by atoms with E-state index < -0.39 is 11.7 Å². The Labute approximate surface area is 209 Å². The maximum Gasteiger partial charge on any atom is 0.258 e. The van der Waals surface area contributed by atoms with Crippen LogP contribution in [0.15, 0.2) is 57.7 Å². The van der Waals surface area contributed by atoms with Crippen LogP contribution in [0, 0.1) is 12.7 Å². The van der Waals surface area contributed by atoms with E-state index in [2.05, 4.69) is 41.4 Å². The summed E-state index contributed by atoms with van der Waals surface area (Å²) in [7, 11) is 3.89. The highest BCUT2D eigenvalue weighted by Gasteiger charge is 2.14. The van der Waals surface area contributed by atoms with E-state index in [1.54, 1.807) is 43.3 Å². The van der Waals surface area contributed by atoms with Gasteiger partial charge in [-0.3, -0.25) is 9.78 Å². The van der Waals surface area contributed by atoms with Gasteiger partial charge in [0.2, 0.25) is 17.6 Å². The second-order valence-corrected chi connectivity index (χ2v) is 8.71. The molecule has 1 N–H and O–H groups in total. The van der Waals surface area contributed by atoms with Gasteiger partial charge < -0.3 is 19.5 Å². The number of aromatic nitrogens is 4. The zero-order valence-electron chi connectivity index (χ0n) is 19.2. The van der Waals surface area contributed by atoms with Gasteiger partial charge in [-0.1, -0.05) is 11.2 Å².